The van der Waals surface area contributed by atoms with Crippen molar-refractivity contribution in [3.8, 4) is 0 Å². The number of rotatable bonds is 1. The first kappa shape index (κ1) is 9.37. The van der Waals surface area contributed by atoms with Crippen molar-refractivity contribution in [3.05, 3.63) is 5.59 Å². The maximum atomic E-state index is 7.15. The average molecular weight is 99.1 g/mol. The van der Waals surface area contributed by atoms with Crippen LogP contribution in [0.2, 0.25) is 0 Å². The van der Waals surface area contributed by atoms with Gasteiger partial charge < -0.3 is 10.7 Å². The van der Waals surface area contributed by atoms with Crippen LogP contribution < -0.4 is 51.4 Å². The van der Waals surface area contributed by atoms with Gasteiger partial charge in [-0.2, -0.15) is 0 Å². The van der Waals surface area contributed by atoms with Crippen LogP contribution in [0.5, 0.6) is 0 Å². The van der Waals surface area contributed by atoms with E-state index < -0.39 is 0 Å². The summed E-state index contributed by atoms with van der Waals surface area (Å²) in [6.07, 6.45) is 0. The minimum absolute atomic E-state index is 0. The van der Waals surface area contributed by atoms with E-state index in [1.165, 1.54) is 0 Å². The van der Waals surface area contributed by atoms with Crippen LogP contribution in [0.1, 0.15) is 0 Å². The first-order valence-corrected chi connectivity index (χ1v) is 0.624. The second-order valence-electron chi connectivity index (χ2n) is 0.189. The third kappa shape index (κ3) is 11.3. The van der Waals surface area contributed by atoms with Crippen LogP contribution in [0, 0.1) is 5.53 Å². The molecule has 5 heavy (non-hydrogen) atoms. The molecular formula is H2KN3O. The second kappa shape index (κ2) is 8.89. The van der Waals surface area contributed by atoms with Gasteiger partial charge in [0.15, 0.2) is 0 Å². The predicted octanol–water partition coefficient (Wildman–Crippen LogP) is -2.30. The van der Waals surface area contributed by atoms with Gasteiger partial charge in [0, 0.05) is 0 Å². The quantitative estimate of drug-likeness (QED) is 0.216. The van der Waals surface area contributed by atoms with Crippen LogP contribution in [0.25, 0.3) is 5.59 Å². The predicted molar refractivity (Wildman–Crippen MR) is 10.3 cm³/mol. The molecule has 0 amide bonds. The molecule has 4 nitrogen and oxygen atoms in total. The Balaban J connectivity index is 0. The molecule has 0 aliphatic rings. The molecule has 2 N–H and O–H groups in total. The van der Waals surface area contributed by atoms with E-state index in [0.29, 0.717) is 0 Å². The molecule has 0 heterocycles. The molecule has 0 fully saturated rings. The van der Waals surface area contributed by atoms with Gasteiger partial charge in [0.1, 0.15) is 0 Å². The van der Waals surface area contributed by atoms with E-state index in [9.17, 15) is 0 Å². The summed E-state index contributed by atoms with van der Waals surface area (Å²) < 4.78 is 0. The summed E-state index contributed by atoms with van der Waals surface area (Å²) in [5, 5.41) is 9.31. The first-order valence-electron chi connectivity index (χ1n) is 0.624. The standard InChI is InChI=1S/K.H2N3O/c;1-2-3-4/h;(H2-,1,2,3,4)/q+1;-1. The Morgan fingerprint density at radius 3 is 2.00 bits per heavy atom. The molecular weight excluding hydrogens is 97.1 g/mol. The molecule has 0 aliphatic carbocycles. The van der Waals surface area contributed by atoms with Gasteiger partial charge in [-0.25, -0.2) is 0 Å². The van der Waals surface area contributed by atoms with E-state index in [2.05, 4.69) is 5.22 Å². The van der Waals surface area contributed by atoms with Gasteiger partial charge in [-0.05, 0) is 0 Å². The summed E-state index contributed by atoms with van der Waals surface area (Å²) in [5.74, 6) is 0. The molecule has 5 heteroatoms. The maximum Gasteiger partial charge on any atom is 1.00 e. The van der Waals surface area contributed by atoms with Crippen molar-refractivity contribution in [1.82, 2.24) is 0 Å². The van der Waals surface area contributed by atoms with Gasteiger partial charge >= 0.3 is 51.4 Å². The van der Waals surface area contributed by atoms with Gasteiger partial charge in [0.25, 0.3) is 0 Å². The monoisotopic (exact) mass is 99.0 g/mol. The van der Waals surface area contributed by atoms with Crippen LogP contribution in [0.4, 0.5) is 0 Å². The van der Waals surface area contributed by atoms with E-state index in [-0.39, 0.29) is 51.4 Å². The van der Waals surface area contributed by atoms with Crippen molar-refractivity contribution in [2.75, 3.05) is 0 Å². The van der Waals surface area contributed by atoms with Crippen molar-refractivity contribution in [2.45, 2.75) is 0 Å². The van der Waals surface area contributed by atoms with E-state index in [1.807, 2.05) is 5.59 Å². The third-order valence-electron chi connectivity index (χ3n) is 0.0447. The maximum absolute atomic E-state index is 7.15. The number of nitrogens with zero attached hydrogens (tertiary/aromatic N) is 2. The van der Waals surface area contributed by atoms with Gasteiger partial charge in [-0.3, -0.25) is 10.8 Å². The molecule has 0 saturated carbocycles. The fraction of sp³-hybridized carbons (Fsp3) is 0. The molecule has 0 spiro atoms. The van der Waals surface area contributed by atoms with Crippen LogP contribution in [-0.4, -0.2) is 5.21 Å². The molecule has 0 bridgehead atoms. The molecule has 0 atom stereocenters. The number of hydrogen-bond donors (Lipinski definition) is 2. The van der Waals surface area contributed by atoms with Crippen molar-refractivity contribution in [3.63, 3.8) is 0 Å². The van der Waals surface area contributed by atoms with Gasteiger partial charge in [-0.15, -0.1) is 0 Å². The van der Waals surface area contributed by atoms with E-state index in [0.717, 1.165) is 0 Å². The summed E-state index contributed by atoms with van der Waals surface area (Å²) in [7, 11) is 0. The first-order chi connectivity index (χ1) is 1.91. The van der Waals surface area contributed by atoms with Crippen LogP contribution >= 0.6 is 0 Å². The smallest absolute Gasteiger partial charge is 0.396 e. The van der Waals surface area contributed by atoms with E-state index >= 15 is 0 Å². The summed E-state index contributed by atoms with van der Waals surface area (Å²) in [6.45, 7) is 0. The Labute approximate surface area is 71.8 Å². The second-order valence-corrected chi connectivity index (χ2v) is 0.189. The zero-order valence-corrected chi connectivity index (χ0v) is 5.96. The molecule has 0 aliphatic heterocycles. The van der Waals surface area contributed by atoms with Crippen molar-refractivity contribution >= 4 is 0 Å². The Kier molecular flexibility index (Phi) is 16.7. The van der Waals surface area contributed by atoms with Crippen LogP contribution in [-0.2, 0) is 0 Å². The van der Waals surface area contributed by atoms with Gasteiger partial charge in [0.05, 0.1) is 0 Å². The molecule has 0 radical (unpaired) electrons. The Hall–Kier alpha value is 0.996. The van der Waals surface area contributed by atoms with Crippen LogP contribution in [0.15, 0.2) is 5.22 Å². The normalized spacial score (nSPS) is 4.20. The van der Waals surface area contributed by atoms with E-state index in [1.54, 1.807) is 0 Å². The molecule has 0 unspecified atom stereocenters. The van der Waals surface area contributed by atoms with Gasteiger partial charge in [0.2, 0.25) is 0 Å². The van der Waals surface area contributed by atoms with Crippen LogP contribution in [0.3, 0.4) is 0 Å². The zero-order chi connectivity index (χ0) is 3.41. The minimum atomic E-state index is 0. The Morgan fingerprint density at radius 1 is 1.80 bits per heavy atom. The summed E-state index contributed by atoms with van der Waals surface area (Å²) in [6, 6.07) is 0. The largest absolute Gasteiger partial charge is 1.00 e. The average Bonchev–Trinajstić information content (AvgIpc) is 1.37. The molecule has 0 aromatic rings. The molecule has 0 aromatic heterocycles. The summed E-state index contributed by atoms with van der Waals surface area (Å²) in [4.78, 5) is 0. The van der Waals surface area contributed by atoms with Crippen molar-refractivity contribution in [1.29, 1.82) is 5.53 Å². The third-order valence-corrected chi connectivity index (χ3v) is 0.0447. The molecule has 0 saturated heterocycles. The molecule has 0 rings (SSSR count). The molecule has 24 valence electrons. The van der Waals surface area contributed by atoms with Gasteiger partial charge in [-0.1, -0.05) is 0 Å². The zero-order valence-electron chi connectivity index (χ0n) is 2.84. The fourth-order valence-corrected chi connectivity index (χ4v) is 0. The Morgan fingerprint density at radius 2 is 2.00 bits per heavy atom. The topological polar surface area (TPSA) is 70.5 Å². The molecule has 0 aromatic carbocycles. The summed E-state index contributed by atoms with van der Waals surface area (Å²) >= 11 is 0. The van der Waals surface area contributed by atoms with E-state index in [4.69, 9.17) is 10.7 Å². The number of nitrogens with one attached hydrogen (secondary N) is 1. The van der Waals surface area contributed by atoms with Crippen molar-refractivity contribution in [2.24, 2.45) is 5.22 Å². The summed E-state index contributed by atoms with van der Waals surface area (Å²) in [5.41, 5.74) is 7.69. The van der Waals surface area contributed by atoms with Crippen molar-refractivity contribution < 1.29 is 56.6 Å². The minimum Gasteiger partial charge on any atom is -0.396 e. The number of hydrogen-bond acceptors (Lipinski definition) is 3. The SMILES string of the molecule is N=N[N-]O.[K+]. The Bertz CT molecular complexity index is 20.9. The fourth-order valence-electron chi connectivity index (χ4n) is 0.